The van der Waals surface area contributed by atoms with E-state index < -0.39 is 0 Å². The van der Waals surface area contributed by atoms with E-state index >= 15 is 0 Å². The summed E-state index contributed by atoms with van der Waals surface area (Å²) in [5, 5.41) is 12.9. The highest BCUT2D eigenvalue weighted by molar-refractivity contribution is 5.46. The molecule has 24 heavy (non-hydrogen) atoms. The van der Waals surface area contributed by atoms with Crippen LogP contribution in [0.1, 0.15) is 23.7 Å². The van der Waals surface area contributed by atoms with E-state index in [-0.39, 0.29) is 6.10 Å². The predicted octanol–water partition coefficient (Wildman–Crippen LogP) is 1.17. The van der Waals surface area contributed by atoms with Crippen molar-refractivity contribution in [2.45, 2.75) is 25.0 Å². The summed E-state index contributed by atoms with van der Waals surface area (Å²) in [5.41, 5.74) is 1.96. The normalized spacial score (nSPS) is 20.9. The Morgan fingerprint density at radius 3 is 2.92 bits per heavy atom. The molecule has 0 unspecified atom stereocenters. The van der Waals surface area contributed by atoms with Crippen molar-refractivity contribution >= 4 is 11.8 Å². The van der Waals surface area contributed by atoms with Crippen LogP contribution in [-0.4, -0.2) is 52.5 Å². The van der Waals surface area contributed by atoms with E-state index in [4.69, 9.17) is 9.72 Å². The van der Waals surface area contributed by atoms with Crippen LogP contribution < -0.4 is 10.2 Å². The third-order valence-electron chi connectivity index (χ3n) is 4.40. The zero-order valence-corrected chi connectivity index (χ0v) is 13.4. The number of aliphatic hydroxyl groups is 1. The summed E-state index contributed by atoms with van der Waals surface area (Å²) >= 11 is 0. The molecule has 2 aliphatic heterocycles. The summed E-state index contributed by atoms with van der Waals surface area (Å²) in [7, 11) is 0. The molecule has 0 bridgehead atoms. The standard InChI is InChI=1S/C17H21N5O2/c23-14-9-22(10-14)17-20-15(12-4-6-24-11-12)7-16(21-17)19-8-13-3-1-2-5-18-13/h1-3,5,7,12,14,23H,4,6,8-11H2,(H,19,20,21)/t12-/m0/s1. The maximum atomic E-state index is 9.54. The van der Waals surface area contributed by atoms with E-state index in [9.17, 15) is 5.11 Å². The van der Waals surface area contributed by atoms with Gasteiger partial charge in [0.1, 0.15) is 5.82 Å². The molecular weight excluding hydrogens is 306 g/mol. The number of pyridine rings is 1. The molecule has 0 aliphatic carbocycles. The fourth-order valence-electron chi connectivity index (χ4n) is 2.96. The van der Waals surface area contributed by atoms with Gasteiger partial charge in [0, 0.05) is 37.9 Å². The van der Waals surface area contributed by atoms with Gasteiger partial charge in [-0.25, -0.2) is 4.98 Å². The van der Waals surface area contributed by atoms with Crippen molar-refractivity contribution in [2.24, 2.45) is 0 Å². The van der Waals surface area contributed by atoms with Gasteiger partial charge in [0.15, 0.2) is 0 Å². The fraction of sp³-hybridized carbons (Fsp3) is 0.471. The lowest BCUT2D eigenvalue weighted by atomic mass is 10.0. The Bertz CT molecular complexity index is 685. The highest BCUT2D eigenvalue weighted by Crippen LogP contribution is 2.28. The lowest BCUT2D eigenvalue weighted by molar-refractivity contribution is 0.140. The molecule has 2 saturated heterocycles. The zero-order valence-electron chi connectivity index (χ0n) is 13.4. The molecule has 0 radical (unpaired) electrons. The van der Waals surface area contributed by atoms with Crippen molar-refractivity contribution in [1.29, 1.82) is 0 Å². The van der Waals surface area contributed by atoms with Crippen molar-refractivity contribution in [2.75, 3.05) is 36.5 Å². The Hall–Kier alpha value is -2.25. The first-order valence-electron chi connectivity index (χ1n) is 8.31. The van der Waals surface area contributed by atoms with Crippen LogP contribution in [0.25, 0.3) is 0 Å². The van der Waals surface area contributed by atoms with Gasteiger partial charge in [-0.15, -0.1) is 0 Å². The lowest BCUT2D eigenvalue weighted by Crippen LogP contribution is -2.51. The number of hydrogen-bond acceptors (Lipinski definition) is 7. The SMILES string of the molecule is OC1CN(c2nc(NCc3ccccn3)cc([C@H]3CCOC3)n2)C1. The maximum Gasteiger partial charge on any atom is 0.227 e. The minimum atomic E-state index is -0.281. The second-order valence-corrected chi connectivity index (χ2v) is 6.27. The highest BCUT2D eigenvalue weighted by atomic mass is 16.5. The minimum absolute atomic E-state index is 0.281. The molecule has 4 rings (SSSR count). The van der Waals surface area contributed by atoms with Crippen LogP contribution >= 0.6 is 0 Å². The van der Waals surface area contributed by atoms with Crippen LogP contribution in [-0.2, 0) is 11.3 Å². The quantitative estimate of drug-likeness (QED) is 0.853. The van der Waals surface area contributed by atoms with E-state index in [1.807, 2.05) is 29.2 Å². The smallest absolute Gasteiger partial charge is 0.227 e. The van der Waals surface area contributed by atoms with E-state index in [0.29, 0.717) is 38.1 Å². The average molecular weight is 327 g/mol. The number of nitrogens with one attached hydrogen (secondary N) is 1. The summed E-state index contributed by atoms with van der Waals surface area (Å²) in [6, 6.07) is 7.85. The molecular formula is C17H21N5O2. The number of aliphatic hydroxyl groups excluding tert-OH is 1. The molecule has 7 nitrogen and oxygen atoms in total. The molecule has 1 atom stereocenters. The zero-order chi connectivity index (χ0) is 16.4. The first kappa shape index (κ1) is 15.3. The monoisotopic (exact) mass is 327 g/mol. The number of anilines is 2. The topological polar surface area (TPSA) is 83.4 Å². The van der Waals surface area contributed by atoms with Crippen LogP contribution in [0.5, 0.6) is 0 Å². The molecule has 2 aromatic rings. The fourth-order valence-corrected chi connectivity index (χ4v) is 2.96. The molecule has 2 aromatic heterocycles. The van der Waals surface area contributed by atoms with Crippen LogP contribution in [0.2, 0.25) is 0 Å². The molecule has 126 valence electrons. The highest BCUT2D eigenvalue weighted by Gasteiger charge is 2.28. The summed E-state index contributed by atoms with van der Waals surface area (Å²) < 4.78 is 5.49. The van der Waals surface area contributed by atoms with Gasteiger partial charge in [0.25, 0.3) is 0 Å². The molecule has 0 saturated carbocycles. The second kappa shape index (κ2) is 6.70. The summed E-state index contributed by atoms with van der Waals surface area (Å²) in [4.78, 5) is 15.6. The Morgan fingerprint density at radius 2 is 2.21 bits per heavy atom. The third-order valence-corrected chi connectivity index (χ3v) is 4.40. The minimum Gasteiger partial charge on any atom is -0.389 e. The predicted molar refractivity (Wildman–Crippen MR) is 90.0 cm³/mol. The Balaban J connectivity index is 1.55. The Labute approximate surface area is 140 Å². The second-order valence-electron chi connectivity index (χ2n) is 6.27. The van der Waals surface area contributed by atoms with Gasteiger partial charge >= 0.3 is 0 Å². The van der Waals surface area contributed by atoms with Gasteiger partial charge in [-0.3, -0.25) is 4.98 Å². The number of rotatable bonds is 5. The van der Waals surface area contributed by atoms with Gasteiger partial charge in [-0.05, 0) is 18.6 Å². The third kappa shape index (κ3) is 3.32. The summed E-state index contributed by atoms with van der Waals surface area (Å²) in [6.45, 7) is 3.27. The number of aromatic nitrogens is 3. The first-order valence-corrected chi connectivity index (χ1v) is 8.31. The molecule has 7 heteroatoms. The molecule has 0 amide bonds. The number of ether oxygens (including phenoxy) is 1. The Kier molecular flexibility index (Phi) is 4.27. The lowest BCUT2D eigenvalue weighted by Gasteiger charge is -2.36. The molecule has 0 aromatic carbocycles. The molecule has 4 heterocycles. The van der Waals surface area contributed by atoms with Crippen LogP contribution in [0.3, 0.4) is 0 Å². The van der Waals surface area contributed by atoms with Gasteiger partial charge in [-0.2, -0.15) is 4.98 Å². The average Bonchev–Trinajstić information content (AvgIpc) is 3.12. The largest absolute Gasteiger partial charge is 0.389 e. The van der Waals surface area contributed by atoms with Crippen LogP contribution in [0.15, 0.2) is 30.5 Å². The van der Waals surface area contributed by atoms with Crippen molar-refractivity contribution in [1.82, 2.24) is 15.0 Å². The maximum absolute atomic E-state index is 9.54. The summed E-state index contributed by atoms with van der Waals surface area (Å²) in [5.74, 6) is 1.77. The molecule has 0 spiro atoms. The number of β-amino-alcohol motifs (C(OH)–C–C–N with tert-alkyl or cyclic N) is 1. The molecule has 2 aliphatic rings. The van der Waals surface area contributed by atoms with Gasteiger partial charge in [0.05, 0.1) is 30.6 Å². The van der Waals surface area contributed by atoms with E-state index in [2.05, 4.69) is 15.3 Å². The van der Waals surface area contributed by atoms with E-state index in [1.165, 1.54) is 0 Å². The van der Waals surface area contributed by atoms with E-state index in [0.717, 1.165) is 30.2 Å². The van der Waals surface area contributed by atoms with E-state index in [1.54, 1.807) is 6.20 Å². The molecule has 2 N–H and O–H groups in total. The first-order chi connectivity index (χ1) is 11.8. The number of hydrogen-bond donors (Lipinski definition) is 2. The summed E-state index contributed by atoms with van der Waals surface area (Å²) in [6.07, 6.45) is 2.49. The van der Waals surface area contributed by atoms with Crippen LogP contribution in [0.4, 0.5) is 11.8 Å². The van der Waals surface area contributed by atoms with Crippen molar-refractivity contribution < 1.29 is 9.84 Å². The van der Waals surface area contributed by atoms with Crippen molar-refractivity contribution in [3.05, 3.63) is 41.9 Å². The van der Waals surface area contributed by atoms with Gasteiger partial charge in [-0.1, -0.05) is 6.07 Å². The van der Waals surface area contributed by atoms with Crippen LogP contribution in [0, 0.1) is 0 Å². The molecule has 2 fully saturated rings. The number of nitrogens with zero attached hydrogens (tertiary/aromatic N) is 4. The van der Waals surface area contributed by atoms with Crippen molar-refractivity contribution in [3.8, 4) is 0 Å². The van der Waals surface area contributed by atoms with Gasteiger partial charge < -0.3 is 20.1 Å². The van der Waals surface area contributed by atoms with Crippen molar-refractivity contribution in [3.63, 3.8) is 0 Å². The Morgan fingerprint density at radius 1 is 1.29 bits per heavy atom. The van der Waals surface area contributed by atoms with Gasteiger partial charge in [0.2, 0.25) is 5.95 Å².